The Morgan fingerprint density at radius 3 is 3.00 bits per heavy atom. The van der Waals surface area contributed by atoms with Gasteiger partial charge in [-0.3, -0.25) is 4.90 Å². The van der Waals surface area contributed by atoms with E-state index < -0.39 is 11.9 Å². The summed E-state index contributed by atoms with van der Waals surface area (Å²) >= 11 is 6.02. The molecule has 0 radical (unpaired) electrons. The van der Waals surface area contributed by atoms with E-state index in [4.69, 9.17) is 22.7 Å². The summed E-state index contributed by atoms with van der Waals surface area (Å²) in [5.74, 6) is -0.507. The third kappa shape index (κ3) is 3.44. The summed E-state index contributed by atoms with van der Waals surface area (Å²) in [6.45, 7) is 2.49. The molecule has 1 saturated heterocycles. The first-order valence-corrected chi connectivity index (χ1v) is 8.28. The van der Waals surface area contributed by atoms with Gasteiger partial charge in [0.15, 0.2) is 5.01 Å². The fraction of sp³-hybridized carbons (Fsp3) is 0.286. The molecule has 3 rings (SSSR count). The predicted molar refractivity (Wildman–Crippen MR) is 93.6 cm³/mol. The number of hydrogen-bond donors (Lipinski definition) is 2. The Bertz CT molecular complexity index is 797. The number of carbonyl (C=O) groups excluding carboxylic acids is 1. The van der Waals surface area contributed by atoms with Gasteiger partial charge >= 0.3 is 6.09 Å². The number of nitrogens with zero attached hydrogens (tertiary/aromatic N) is 3. The maximum absolute atomic E-state index is 14.4. The molecule has 3 N–H and O–H groups in total. The van der Waals surface area contributed by atoms with Crippen molar-refractivity contribution in [3.63, 3.8) is 0 Å². The van der Waals surface area contributed by atoms with Crippen molar-refractivity contribution in [1.82, 2.24) is 15.5 Å². The maximum atomic E-state index is 14.4. The van der Waals surface area contributed by atoms with Crippen LogP contribution >= 0.6 is 23.6 Å². The molecular formula is C14H14FN5O2S2. The van der Waals surface area contributed by atoms with Crippen molar-refractivity contribution in [3.8, 4) is 10.6 Å². The number of hydrogen-bond acceptors (Lipinski definition) is 7. The Labute approximate surface area is 146 Å². The van der Waals surface area contributed by atoms with Gasteiger partial charge in [-0.25, -0.2) is 9.18 Å². The Morgan fingerprint density at radius 2 is 2.38 bits per heavy atom. The van der Waals surface area contributed by atoms with E-state index in [-0.39, 0.29) is 16.8 Å². The van der Waals surface area contributed by atoms with Gasteiger partial charge in [0.25, 0.3) is 0 Å². The number of ether oxygens (including phenoxy) is 1. The van der Waals surface area contributed by atoms with Crippen LogP contribution in [-0.2, 0) is 4.74 Å². The molecule has 1 aliphatic rings. The molecule has 2 heterocycles. The number of amides is 1. The molecule has 1 aromatic carbocycles. The van der Waals surface area contributed by atoms with E-state index in [9.17, 15) is 9.18 Å². The zero-order valence-electron chi connectivity index (χ0n) is 12.7. The minimum Gasteiger partial charge on any atom is -0.442 e. The topological polar surface area (TPSA) is 93.4 Å². The molecule has 1 atom stereocenters. The average molecular weight is 367 g/mol. The van der Waals surface area contributed by atoms with Crippen LogP contribution in [0.2, 0.25) is 0 Å². The highest BCUT2D eigenvalue weighted by Crippen LogP contribution is 2.31. The van der Waals surface area contributed by atoms with Gasteiger partial charge in [0.2, 0.25) is 5.13 Å². The second-order valence-electron chi connectivity index (χ2n) is 5.16. The Kier molecular flexibility index (Phi) is 4.58. The van der Waals surface area contributed by atoms with E-state index in [2.05, 4.69) is 15.5 Å². The van der Waals surface area contributed by atoms with E-state index in [0.717, 1.165) is 11.3 Å². The first kappa shape index (κ1) is 16.5. The van der Waals surface area contributed by atoms with Gasteiger partial charge < -0.3 is 15.8 Å². The largest absolute Gasteiger partial charge is 0.442 e. The number of nitrogens with one attached hydrogen (secondary N) is 1. The highest BCUT2D eigenvalue weighted by atomic mass is 32.1. The number of anilines is 2. The first-order valence-electron chi connectivity index (χ1n) is 7.05. The zero-order chi connectivity index (χ0) is 17.3. The molecule has 1 fully saturated rings. The SMILES string of the molecule is CC(=S)NC[C@H]1CN(c2ccc(-c3nnc(N)s3)c(F)c2)C(=O)O1. The van der Waals surface area contributed by atoms with Crippen LogP contribution in [0.5, 0.6) is 0 Å². The standard InChI is InChI=1S/C14H14FN5O2S2/c1-7(23)17-5-9-6-20(14(21)22-9)8-2-3-10(11(15)4-8)12-18-19-13(16)24-12/h2-4,9H,5-6H2,1H3,(H2,16,19)(H,17,23)/t9-/m0/s1. The molecule has 0 spiro atoms. The minimum absolute atomic E-state index is 0.265. The summed E-state index contributed by atoms with van der Waals surface area (Å²) in [5.41, 5.74) is 6.22. The van der Waals surface area contributed by atoms with E-state index in [0.29, 0.717) is 28.8 Å². The van der Waals surface area contributed by atoms with Gasteiger partial charge in [0.1, 0.15) is 11.9 Å². The van der Waals surface area contributed by atoms with Crippen molar-refractivity contribution in [2.45, 2.75) is 13.0 Å². The second-order valence-corrected chi connectivity index (χ2v) is 6.78. The van der Waals surface area contributed by atoms with Crippen LogP contribution in [0.1, 0.15) is 6.92 Å². The van der Waals surface area contributed by atoms with Gasteiger partial charge in [0, 0.05) is 5.56 Å². The molecule has 2 aromatic rings. The number of halogens is 1. The Hall–Kier alpha value is -2.33. The lowest BCUT2D eigenvalue weighted by Gasteiger charge is -2.14. The van der Waals surface area contributed by atoms with Gasteiger partial charge in [-0.15, -0.1) is 10.2 Å². The van der Waals surface area contributed by atoms with Crippen LogP contribution in [0, 0.1) is 5.82 Å². The normalized spacial score (nSPS) is 17.0. The third-order valence-electron chi connectivity index (χ3n) is 3.39. The van der Waals surface area contributed by atoms with Crippen molar-refractivity contribution >= 4 is 45.5 Å². The number of thiocarbonyl (C=S) groups is 1. The molecule has 24 heavy (non-hydrogen) atoms. The van der Waals surface area contributed by atoms with E-state index in [1.165, 1.54) is 11.0 Å². The number of aromatic nitrogens is 2. The van der Waals surface area contributed by atoms with Crippen LogP contribution in [0.3, 0.4) is 0 Å². The zero-order valence-corrected chi connectivity index (χ0v) is 14.3. The summed E-state index contributed by atoms with van der Waals surface area (Å²) < 4.78 is 19.6. The van der Waals surface area contributed by atoms with Crippen molar-refractivity contribution in [1.29, 1.82) is 0 Å². The third-order valence-corrected chi connectivity index (χ3v) is 4.32. The van der Waals surface area contributed by atoms with Crippen LogP contribution in [0.4, 0.5) is 20.0 Å². The predicted octanol–water partition coefficient (Wildman–Crippen LogP) is 2.19. The molecule has 0 bridgehead atoms. The summed E-state index contributed by atoms with van der Waals surface area (Å²) in [5, 5.41) is 11.1. The first-order chi connectivity index (χ1) is 11.4. The second kappa shape index (κ2) is 6.65. The van der Waals surface area contributed by atoms with Crippen molar-refractivity contribution < 1.29 is 13.9 Å². The van der Waals surface area contributed by atoms with E-state index >= 15 is 0 Å². The number of benzene rings is 1. The number of cyclic esters (lactones) is 1. The monoisotopic (exact) mass is 367 g/mol. The molecule has 1 amide bonds. The average Bonchev–Trinajstić information content (AvgIpc) is 3.11. The van der Waals surface area contributed by atoms with Gasteiger partial charge in [-0.05, 0) is 25.1 Å². The highest BCUT2D eigenvalue weighted by molar-refractivity contribution is 7.80. The maximum Gasteiger partial charge on any atom is 0.414 e. The Morgan fingerprint density at radius 1 is 1.58 bits per heavy atom. The summed E-state index contributed by atoms with van der Waals surface area (Å²) in [7, 11) is 0. The highest BCUT2D eigenvalue weighted by Gasteiger charge is 2.32. The molecule has 0 aliphatic carbocycles. The fourth-order valence-corrected chi connectivity index (χ4v) is 3.01. The van der Waals surface area contributed by atoms with Gasteiger partial charge in [-0.2, -0.15) is 0 Å². The van der Waals surface area contributed by atoms with Crippen molar-refractivity contribution in [2.24, 2.45) is 0 Å². The van der Waals surface area contributed by atoms with Crippen molar-refractivity contribution in [3.05, 3.63) is 24.0 Å². The van der Waals surface area contributed by atoms with Crippen molar-refractivity contribution in [2.75, 3.05) is 23.7 Å². The molecule has 10 heteroatoms. The lowest BCUT2D eigenvalue weighted by molar-refractivity contribution is 0.143. The summed E-state index contributed by atoms with van der Waals surface area (Å²) in [6, 6.07) is 4.45. The number of nitrogen functional groups attached to an aromatic ring is 1. The lowest BCUT2D eigenvalue weighted by atomic mass is 10.2. The Balaban J connectivity index is 1.77. The van der Waals surface area contributed by atoms with Crippen LogP contribution in [-0.4, -0.2) is 40.5 Å². The van der Waals surface area contributed by atoms with Gasteiger partial charge in [-0.1, -0.05) is 23.6 Å². The molecule has 0 unspecified atom stereocenters. The summed E-state index contributed by atoms with van der Waals surface area (Å²) in [6.07, 6.45) is -0.864. The number of nitrogens with two attached hydrogens (primary N) is 1. The molecule has 1 aliphatic heterocycles. The molecule has 0 saturated carbocycles. The molecule has 7 nitrogen and oxygen atoms in total. The van der Waals surface area contributed by atoms with Crippen LogP contribution < -0.4 is 16.0 Å². The number of rotatable bonds is 4. The summed E-state index contributed by atoms with van der Waals surface area (Å²) in [4.78, 5) is 14.0. The molecular weight excluding hydrogens is 353 g/mol. The van der Waals surface area contributed by atoms with E-state index in [1.54, 1.807) is 19.1 Å². The van der Waals surface area contributed by atoms with Crippen LogP contribution in [0.15, 0.2) is 18.2 Å². The fourth-order valence-electron chi connectivity index (χ4n) is 2.29. The minimum atomic E-state index is -0.517. The quantitative estimate of drug-likeness (QED) is 0.800. The lowest BCUT2D eigenvalue weighted by Crippen LogP contribution is -2.32. The smallest absolute Gasteiger partial charge is 0.414 e. The number of carbonyl (C=O) groups is 1. The molecule has 126 valence electrons. The molecule has 1 aromatic heterocycles. The van der Waals surface area contributed by atoms with Crippen LogP contribution in [0.25, 0.3) is 10.6 Å². The van der Waals surface area contributed by atoms with E-state index in [1.807, 2.05) is 0 Å². The van der Waals surface area contributed by atoms with Gasteiger partial charge in [0.05, 0.1) is 23.8 Å².